The first-order chi connectivity index (χ1) is 5.72. The molecule has 0 spiro atoms. The van der Waals surface area contributed by atoms with Crippen LogP contribution in [0.25, 0.3) is 0 Å². The van der Waals surface area contributed by atoms with Crippen LogP contribution in [-0.4, -0.2) is 16.2 Å². The van der Waals surface area contributed by atoms with Crippen molar-refractivity contribution in [1.29, 1.82) is 5.26 Å². The largest absolute Gasteiger partial charge is 0.366 e. The minimum absolute atomic E-state index is 0.326. The van der Waals surface area contributed by atoms with E-state index >= 15 is 0 Å². The maximum absolute atomic E-state index is 8.44. The Labute approximate surface area is 71.2 Å². The molecule has 0 saturated carbocycles. The first-order valence-electron chi connectivity index (χ1n) is 3.72. The number of anilines is 1. The predicted octanol–water partition coefficient (Wildman–Crippen LogP) is 1.17. The van der Waals surface area contributed by atoms with Crippen molar-refractivity contribution in [2.75, 3.05) is 5.32 Å². The van der Waals surface area contributed by atoms with Crippen molar-refractivity contribution in [2.45, 2.75) is 19.9 Å². The lowest BCUT2D eigenvalue weighted by Crippen LogP contribution is -2.11. The summed E-state index contributed by atoms with van der Waals surface area (Å²) in [6, 6.07) is 5.61. The van der Waals surface area contributed by atoms with Crippen molar-refractivity contribution in [3.8, 4) is 6.07 Å². The molecule has 0 amide bonds. The summed E-state index contributed by atoms with van der Waals surface area (Å²) in [6.45, 7) is 4.03. The SMILES string of the molecule is CC(C)Nc1ccc(C#N)nn1. The van der Waals surface area contributed by atoms with Crippen molar-refractivity contribution >= 4 is 5.82 Å². The van der Waals surface area contributed by atoms with Gasteiger partial charge in [0.1, 0.15) is 11.9 Å². The van der Waals surface area contributed by atoms with E-state index in [1.54, 1.807) is 12.1 Å². The normalized spacial score (nSPS) is 9.50. The van der Waals surface area contributed by atoms with Crippen LogP contribution >= 0.6 is 0 Å². The molecule has 0 aliphatic carbocycles. The minimum atomic E-state index is 0.326. The lowest BCUT2D eigenvalue weighted by atomic mass is 10.3. The summed E-state index contributed by atoms with van der Waals surface area (Å²) in [5.74, 6) is 0.698. The molecule has 0 aliphatic heterocycles. The number of nitrogens with one attached hydrogen (secondary N) is 1. The highest BCUT2D eigenvalue weighted by molar-refractivity contribution is 5.35. The quantitative estimate of drug-likeness (QED) is 0.709. The molecule has 1 aromatic rings. The zero-order valence-corrected chi connectivity index (χ0v) is 7.07. The van der Waals surface area contributed by atoms with Gasteiger partial charge in [0.05, 0.1) is 0 Å². The van der Waals surface area contributed by atoms with E-state index < -0.39 is 0 Å². The maximum Gasteiger partial charge on any atom is 0.163 e. The summed E-state index contributed by atoms with van der Waals surface area (Å²) < 4.78 is 0. The Bertz CT molecular complexity index is 283. The van der Waals surface area contributed by atoms with Gasteiger partial charge in [0, 0.05) is 6.04 Å². The number of rotatable bonds is 2. The van der Waals surface area contributed by atoms with Gasteiger partial charge in [0.2, 0.25) is 0 Å². The Hall–Kier alpha value is -1.63. The molecule has 1 heterocycles. The summed E-state index contributed by atoms with van der Waals surface area (Å²) in [7, 11) is 0. The van der Waals surface area contributed by atoms with Crippen LogP contribution in [0.3, 0.4) is 0 Å². The Morgan fingerprint density at radius 3 is 2.58 bits per heavy atom. The molecule has 1 N–H and O–H groups in total. The molecule has 1 rings (SSSR count). The molecule has 4 nitrogen and oxygen atoms in total. The molecule has 0 aromatic carbocycles. The summed E-state index contributed by atoms with van der Waals surface area (Å²) in [6.07, 6.45) is 0. The summed E-state index contributed by atoms with van der Waals surface area (Å²) >= 11 is 0. The first kappa shape index (κ1) is 8.47. The molecule has 4 heteroatoms. The molecule has 0 unspecified atom stereocenters. The van der Waals surface area contributed by atoms with Crippen LogP contribution in [0.5, 0.6) is 0 Å². The van der Waals surface area contributed by atoms with Gasteiger partial charge in [0.25, 0.3) is 0 Å². The van der Waals surface area contributed by atoms with Gasteiger partial charge in [-0.3, -0.25) is 0 Å². The maximum atomic E-state index is 8.44. The van der Waals surface area contributed by atoms with Crippen molar-refractivity contribution in [3.63, 3.8) is 0 Å². The van der Waals surface area contributed by atoms with Crippen LogP contribution in [0.1, 0.15) is 19.5 Å². The average Bonchev–Trinajstić information content (AvgIpc) is 2.05. The predicted molar refractivity (Wildman–Crippen MR) is 45.5 cm³/mol. The fourth-order valence-corrected chi connectivity index (χ4v) is 0.765. The van der Waals surface area contributed by atoms with Crippen LogP contribution < -0.4 is 5.32 Å². The van der Waals surface area contributed by atoms with Gasteiger partial charge in [-0.15, -0.1) is 10.2 Å². The van der Waals surface area contributed by atoms with E-state index in [2.05, 4.69) is 15.5 Å². The fraction of sp³-hybridized carbons (Fsp3) is 0.375. The van der Waals surface area contributed by atoms with Crippen LogP contribution in [0, 0.1) is 11.3 Å². The van der Waals surface area contributed by atoms with Gasteiger partial charge in [-0.25, -0.2) is 0 Å². The third-order valence-corrected chi connectivity index (χ3v) is 1.22. The van der Waals surface area contributed by atoms with Gasteiger partial charge in [-0.05, 0) is 26.0 Å². The Kier molecular flexibility index (Phi) is 2.59. The molecule has 12 heavy (non-hydrogen) atoms. The number of hydrogen-bond acceptors (Lipinski definition) is 4. The Morgan fingerprint density at radius 1 is 1.42 bits per heavy atom. The Balaban J connectivity index is 2.73. The number of aromatic nitrogens is 2. The molecule has 0 saturated heterocycles. The van der Waals surface area contributed by atoms with Gasteiger partial charge in [0.15, 0.2) is 5.69 Å². The second kappa shape index (κ2) is 3.67. The lowest BCUT2D eigenvalue weighted by molar-refractivity contribution is 0.871. The summed E-state index contributed by atoms with van der Waals surface area (Å²) in [4.78, 5) is 0. The average molecular weight is 162 g/mol. The second-order valence-electron chi connectivity index (χ2n) is 2.71. The van der Waals surface area contributed by atoms with Crippen molar-refractivity contribution in [2.24, 2.45) is 0 Å². The standard InChI is InChI=1S/C8H10N4/c1-6(2)10-8-4-3-7(5-9)11-12-8/h3-4,6H,1-2H3,(H,10,12). The van der Waals surface area contributed by atoms with Gasteiger partial charge in [-0.2, -0.15) is 5.26 Å². The molecule has 0 aliphatic rings. The molecule has 0 bridgehead atoms. The van der Waals surface area contributed by atoms with Crippen LogP contribution in [0.15, 0.2) is 12.1 Å². The topological polar surface area (TPSA) is 61.6 Å². The number of nitrogens with zero attached hydrogens (tertiary/aromatic N) is 3. The highest BCUT2D eigenvalue weighted by Crippen LogP contribution is 2.02. The number of nitriles is 1. The van der Waals surface area contributed by atoms with Crippen molar-refractivity contribution < 1.29 is 0 Å². The molecular formula is C8H10N4. The van der Waals surface area contributed by atoms with Crippen molar-refractivity contribution in [3.05, 3.63) is 17.8 Å². The molecule has 0 radical (unpaired) electrons. The zero-order valence-electron chi connectivity index (χ0n) is 7.07. The lowest BCUT2D eigenvalue weighted by Gasteiger charge is -2.06. The van der Waals surface area contributed by atoms with Crippen LogP contribution in [0.4, 0.5) is 5.82 Å². The van der Waals surface area contributed by atoms with E-state index in [1.807, 2.05) is 19.9 Å². The second-order valence-corrected chi connectivity index (χ2v) is 2.71. The van der Waals surface area contributed by atoms with Crippen LogP contribution in [-0.2, 0) is 0 Å². The van der Waals surface area contributed by atoms with Gasteiger partial charge in [-0.1, -0.05) is 0 Å². The smallest absolute Gasteiger partial charge is 0.163 e. The highest BCUT2D eigenvalue weighted by atomic mass is 15.2. The van der Waals surface area contributed by atoms with Gasteiger partial charge >= 0.3 is 0 Å². The van der Waals surface area contributed by atoms with E-state index in [-0.39, 0.29) is 0 Å². The van der Waals surface area contributed by atoms with Gasteiger partial charge < -0.3 is 5.32 Å². The van der Waals surface area contributed by atoms with E-state index in [4.69, 9.17) is 5.26 Å². The molecular weight excluding hydrogens is 152 g/mol. The van der Waals surface area contributed by atoms with E-state index in [1.165, 1.54) is 0 Å². The summed E-state index contributed by atoms with van der Waals surface area (Å²) in [5, 5.41) is 19.0. The van der Waals surface area contributed by atoms with E-state index in [9.17, 15) is 0 Å². The fourth-order valence-electron chi connectivity index (χ4n) is 0.765. The minimum Gasteiger partial charge on any atom is -0.366 e. The van der Waals surface area contributed by atoms with Crippen LogP contribution in [0.2, 0.25) is 0 Å². The zero-order chi connectivity index (χ0) is 8.97. The van der Waals surface area contributed by atoms with E-state index in [0.29, 0.717) is 17.6 Å². The third-order valence-electron chi connectivity index (χ3n) is 1.22. The third kappa shape index (κ3) is 2.20. The molecule has 62 valence electrons. The Morgan fingerprint density at radius 2 is 2.17 bits per heavy atom. The summed E-state index contributed by atoms with van der Waals surface area (Å²) in [5.41, 5.74) is 0.337. The first-order valence-corrected chi connectivity index (χ1v) is 3.72. The molecule has 1 aromatic heterocycles. The number of hydrogen-bond donors (Lipinski definition) is 1. The van der Waals surface area contributed by atoms with E-state index in [0.717, 1.165) is 0 Å². The monoisotopic (exact) mass is 162 g/mol. The highest BCUT2D eigenvalue weighted by Gasteiger charge is 1.97. The molecule has 0 atom stereocenters. The van der Waals surface area contributed by atoms with Crippen molar-refractivity contribution in [1.82, 2.24) is 10.2 Å². The molecule has 0 fully saturated rings.